The molecule has 1 heterocycles. The van der Waals surface area contributed by atoms with Gasteiger partial charge in [-0.2, -0.15) is 0 Å². The molecule has 1 aliphatic rings. The van der Waals surface area contributed by atoms with E-state index in [1.165, 1.54) is 0 Å². The van der Waals surface area contributed by atoms with Crippen molar-refractivity contribution in [2.75, 3.05) is 18.7 Å². The topological polar surface area (TPSA) is 73.6 Å². The maximum atomic E-state index is 12.2. The summed E-state index contributed by atoms with van der Waals surface area (Å²) in [5.74, 6) is 1.38. The molecule has 2 rings (SSSR count). The summed E-state index contributed by atoms with van der Waals surface area (Å²) in [5.41, 5.74) is 6.28. The smallest absolute Gasteiger partial charge is 0.231 e. The fourth-order valence-electron chi connectivity index (χ4n) is 2.17. The Labute approximate surface area is 113 Å². The number of hydrogen-bond donors (Lipinski definition) is 2. The van der Waals surface area contributed by atoms with Gasteiger partial charge in [0.05, 0.1) is 0 Å². The number of anilines is 1. The average molecular weight is 264 g/mol. The van der Waals surface area contributed by atoms with Crippen molar-refractivity contribution in [3.8, 4) is 11.5 Å². The number of carbonyl (C=O) groups excluding carboxylic acids is 1. The summed E-state index contributed by atoms with van der Waals surface area (Å²) >= 11 is 0. The van der Waals surface area contributed by atoms with Crippen molar-refractivity contribution in [1.29, 1.82) is 0 Å². The minimum Gasteiger partial charge on any atom is -0.454 e. The maximum Gasteiger partial charge on any atom is 0.231 e. The molecule has 0 saturated heterocycles. The largest absolute Gasteiger partial charge is 0.454 e. The number of rotatable bonds is 6. The fraction of sp³-hybridized carbons (Fsp3) is 0.500. The van der Waals surface area contributed by atoms with Crippen LogP contribution in [0.1, 0.15) is 26.2 Å². The Morgan fingerprint density at radius 3 is 2.89 bits per heavy atom. The maximum absolute atomic E-state index is 12.2. The van der Waals surface area contributed by atoms with Gasteiger partial charge in [0.25, 0.3) is 0 Å². The second kappa shape index (κ2) is 6.43. The molecule has 0 saturated carbocycles. The Kier molecular flexibility index (Phi) is 4.63. The fourth-order valence-corrected chi connectivity index (χ4v) is 2.17. The van der Waals surface area contributed by atoms with Gasteiger partial charge in [0.15, 0.2) is 11.5 Å². The van der Waals surface area contributed by atoms with Gasteiger partial charge in [-0.3, -0.25) is 4.79 Å². The number of carbonyl (C=O) groups is 1. The summed E-state index contributed by atoms with van der Waals surface area (Å²) in [6.45, 7) is 2.83. The van der Waals surface area contributed by atoms with Crippen molar-refractivity contribution < 1.29 is 14.3 Å². The van der Waals surface area contributed by atoms with Gasteiger partial charge in [-0.25, -0.2) is 0 Å². The minimum absolute atomic E-state index is 0.0196. The van der Waals surface area contributed by atoms with Crippen LogP contribution in [0.5, 0.6) is 11.5 Å². The molecule has 19 heavy (non-hydrogen) atoms. The second-order valence-electron chi connectivity index (χ2n) is 4.62. The normalized spacial score (nSPS) is 14.2. The predicted molar refractivity (Wildman–Crippen MR) is 73.3 cm³/mol. The van der Waals surface area contributed by atoms with E-state index in [0.717, 1.165) is 18.5 Å². The zero-order valence-electron chi connectivity index (χ0n) is 11.1. The molecule has 104 valence electrons. The van der Waals surface area contributed by atoms with E-state index in [9.17, 15) is 4.79 Å². The first kappa shape index (κ1) is 13.7. The molecule has 1 aliphatic heterocycles. The lowest BCUT2D eigenvalue weighted by atomic mass is 9.99. The van der Waals surface area contributed by atoms with Crippen LogP contribution in [-0.4, -0.2) is 19.2 Å². The zero-order chi connectivity index (χ0) is 13.7. The lowest BCUT2D eigenvalue weighted by Crippen LogP contribution is -2.25. The molecule has 0 spiro atoms. The molecule has 0 radical (unpaired) electrons. The first-order valence-corrected chi connectivity index (χ1v) is 6.65. The first-order chi connectivity index (χ1) is 9.24. The van der Waals surface area contributed by atoms with E-state index in [-0.39, 0.29) is 18.6 Å². The Bertz CT molecular complexity index is 442. The van der Waals surface area contributed by atoms with Crippen molar-refractivity contribution in [2.45, 2.75) is 26.2 Å². The quantitative estimate of drug-likeness (QED) is 0.825. The number of fused-ring (bicyclic) bond motifs is 1. The monoisotopic (exact) mass is 264 g/mol. The zero-order valence-corrected chi connectivity index (χ0v) is 11.1. The number of nitrogens with two attached hydrogens (primary N) is 1. The lowest BCUT2D eigenvalue weighted by molar-refractivity contribution is -0.120. The van der Waals surface area contributed by atoms with Gasteiger partial charge in [0.2, 0.25) is 12.7 Å². The molecule has 0 bridgehead atoms. The van der Waals surface area contributed by atoms with E-state index in [0.29, 0.717) is 24.5 Å². The van der Waals surface area contributed by atoms with Crippen molar-refractivity contribution in [2.24, 2.45) is 11.7 Å². The Balaban J connectivity index is 2.01. The Hall–Kier alpha value is -1.75. The highest BCUT2D eigenvalue weighted by molar-refractivity contribution is 5.92. The highest BCUT2D eigenvalue weighted by Gasteiger charge is 2.18. The van der Waals surface area contributed by atoms with Gasteiger partial charge >= 0.3 is 0 Å². The van der Waals surface area contributed by atoms with Crippen molar-refractivity contribution in [3.63, 3.8) is 0 Å². The van der Waals surface area contributed by atoms with Gasteiger partial charge < -0.3 is 20.5 Å². The molecule has 5 nitrogen and oxygen atoms in total. The lowest BCUT2D eigenvalue weighted by Gasteiger charge is -2.15. The number of amides is 1. The summed E-state index contributed by atoms with van der Waals surface area (Å²) < 4.78 is 10.5. The molecule has 1 aromatic carbocycles. The number of nitrogens with one attached hydrogen (secondary N) is 1. The summed E-state index contributed by atoms with van der Waals surface area (Å²) in [6, 6.07) is 5.40. The molecule has 1 aromatic rings. The highest BCUT2D eigenvalue weighted by Crippen LogP contribution is 2.34. The SMILES string of the molecule is CCCC(CCN)C(=O)Nc1ccc2c(c1)OCO2. The van der Waals surface area contributed by atoms with Crippen LogP contribution >= 0.6 is 0 Å². The van der Waals surface area contributed by atoms with Crippen LogP contribution in [0.15, 0.2) is 18.2 Å². The standard InChI is InChI=1S/C14H20N2O3/c1-2-3-10(6-7-15)14(17)16-11-4-5-12-13(8-11)19-9-18-12/h4-5,8,10H,2-3,6-7,9,15H2,1H3,(H,16,17). The molecular weight excluding hydrogens is 244 g/mol. The predicted octanol–water partition coefficient (Wildman–Crippen LogP) is 2.12. The van der Waals surface area contributed by atoms with Crippen LogP contribution in [0, 0.1) is 5.92 Å². The molecule has 0 aromatic heterocycles. The van der Waals surface area contributed by atoms with E-state index in [4.69, 9.17) is 15.2 Å². The van der Waals surface area contributed by atoms with E-state index in [1.54, 1.807) is 12.1 Å². The summed E-state index contributed by atoms with van der Waals surface area (Å²) in [7, 11) is 0. The number of benzene rings is 1. The third-order valence-electron chi connectivity index (χ3n) is 3.16. The Morgan fingerprint density at radius 2 is 2.16 bits per heavy atom. The molecule has 0 fully saturated rings. The molecule has 3 N–H and O–H groups in total. The molecule has 0 aliphatic carbocycles. The van der Waals surface area contributed by atoms with Crippen LogP contribution in [0.2, 0.25) is 0 Å². The van der Waals surface area contributed by atoms with Gasteiger partial charge in [0.1, 0.15) is 0 Å². The van der Waals surface area contributed by atoms with Crippen molar-refractivity contribution in [3.05, 3.63) is 18.2 Å². The molecular formula is C14H20N2O3. The molecule has 1 atom stereocenters. The second-order valence-corrected chi connectivity index (χ2v) is 4.62. The van der Waals surface area contributed by atoms with Crippen LogP contribution < -0.4 is 20.5 Å². The molecule has 5 heteroatoms. The highest BCUT2D eigenvalue weighted by atomic mass is 16.7. The first-order valence-electron chi connectivity index (χ1n) is 6.65. The van der Waals surface area contributed by atoms with Gasteiger partial charge in [-0.1, -0.05) is 13.3 Å². The van der Waals surface area contributed by atoms with E-state index < -0.39 is 0 Å². The summed E-state index contributed by atoms with van der Waals surface area (Å²) in [5, 5.41) is 2.91. The Morgan fingerprint density at radius 1 is 1.37 bits per heavy atom. The van der Waals surface area contributed by atoms with Gasteiger partial charge in [-0.05, 0) is 31.5 Å². The molecule has 1 amide bonds. The van der Waals surface area contributed by atoms with Gasteiger partial charge in [0, 0.05) is 17.7 Å². The average Bonchev–Trinajstić information content (AvgIpc) is 2.86. The summed E-state index contributed by atoms with van der Waals surface area (Å²) in [6.07, 6.45) is 2.54. The summed E-state index contributed by atoms with van der Waals surface area (Å²) in [4.78, 5) is 12.2. The van der Waals surface area contributed by atoms with Crippen molar-refractivity contribution in [1.82, 2.24) is 0 Å². The number of hydrogen-bond acceptors (Lipinski definition) is 4. The number of ether oxygens (including phenoxy) is 2. The minimum atomic E-state index is -0.0274. The van der Waals surface area contributed by atoms with Crippen LogP contribution in [0.25, 0.3) is 0 Å². The van der Waals surface area contributed by atoms with Crippen molar-refractivity contribution >= 4 is 11.6 Å². The van der Waals surface area contributed by atoms with Crippen LogP contribution in [0.3, 0.4) is 0 Å². The van der Waals surface area contributed by atoms with E-state index in [2.05, 4.69) is 12.2 Å². The molecule has 1 unspecified atom stereocenters. The van der Waals surface area contributed by atoms with E-state index in [1.807, 2.05) is 6.07 Å². The third kappa shape index (κ3) is 3.38. The van der Waals surface area contributed by atoms with E-state index >= 15 is 0 Å². The van der Waals surface area contributed by atoms with Crippen LogP contribution in [-0.2, 0) is 4.79 Å². The third-order valence-corrected chi connectivity index (χ3v) is 3.16. The van der Waals surface area contributed by atoms with Gasteiger partial charge in [-0.15, -0.1) is 0 Å². The van der Waals surface area contributed by atoms with Crippen LogP contribution in [0.4, 0.5) is 5.69 Å².